The van der Waals surface area contributed by atoms with Crippen LogP contribution in [0.15, 0.2) is 30.6 Å². The molecule has 0 radical (unpaired) electrons. The van der Waals surface area contributed by atoms with Gasteiger partial charge in [0.25, 0.3) is 0 Å². The van der Waals surface area contributed by atoms with Gasteiger partial charge in [0, 0.05) is 24.8 Å². The minimum Gasteiger partial charge on any atom is -0.482 e. The van der Waals surface area contributed by atoms with Crippen molar-refractivity contribution in [3.05, 3.63) is 41.9 Å². The highest BCUT2D eigenvalue weighted by molar-refractivity contribution is 6.11. The SMILES string of the molecule is CCC1(Oc2ccc(N)c(C(=[NH2+])c3cc(N4C[C@@H](C)O[C@@H](C)C4)ncn3)c2)COC1. The molecule has 30 heavy (non-hydrogen) atoms. The molecule has 4 N–H and O–H groups in total. The standard InChI is InChI=1S/C22H29N5O3/c1-4-22(11-28-12-22)30-16-5-6-18(23)17(7-16)21(24)19-8-20(26-13-25-19)27-9-14(2)29-15(3)10-27/h5-8,13-15,24H,4,9-12,23H2,1-3H3/p+1/t14-,15+. The smallest absolute Gasteiger partial charge is 0.232 e. The Balaban J connectivity index is 1.58. The number of nitrogen functional groups attached to an aromatic ring is 1. The van der Waals surface area contributed by atoms with Crippen LogP contribution in [0.25, 0.3) is 0 Å². The van der Waals surface area contributed by atoms with E-state index in [1.165, 1.54) is 6.33 Å². The zero-order valence-corrected chi connectivity index (χ0v) is 17.8. The molecule has 0 unspecified atom stereocenters. The third-order valence-corrected chi connectivity index (χ3v) is 5.70. The summed E-state index contributed by atoms with van der Waals surface area (Å²) in [6.45, 7) is 8.95. The van der Waals surface area contributed by atoms with E-state index in [0.29, 0.717) is 35.9 Å². The van der Waals surface area contributed by atoms with Crippen LogP contribution in [-0.2, 0) is 9.47 Å². The van der Waals surface area contributed by atoms with E-state index in [-0.39, 0.29) is 17.8 Å². The molecule has 0 amide bonds. The first kappa shape index (κ1) is 20.6. The van der Waals surface area contributed by atoms with Gasteiger partial charge in [0.15, 0.2) is 5.60 Å². The van der Waals surface area contributed by atoms with Gasteiger partial charge in [0.05, 0.1) is 31.0 Å². The summed E-state index contributed by atoms with van der Waals surface area (Å²) in [4.78, 5) is 11.0. The lowest BCUT2D eigenvalue weighted by Gasteiger charge is -2.40. The molecule has 3 heterocycles. The predicted molar refractivity (Wildman–Crippen MR) is 115 cm³/mol. The minimum atomic E-state index is -0.270. The van der Waals surface area contributed by atoms with Crippen molar-refractivity contribution in [3.8, 4) is 5.75 Å². The van der Waals surface area contributed by atoms with Gasteiger partial charge in [-0.2, -0.15) is 0 Å². The lowest BCUT2D eigenvalue weighted by Crippen LogP contribution is -2.53. The number of hydrogen-bond donors (Lipinski definition) is 2. The zero-order chi connectivity index (χ0) is 21.3. The van der Waals surface area contributed by atoms with Crippen molar-refractivity contribution in [2.45, 2.75) is 45.0 Å². The largest absolute Gasteiger partial charge is 0.482 e. The molecule has 2 aromatic rings. The Hall–Kier alpha value is -2.71. The maximum atomic E-state index is 6.50. The summed E-state index contributed by atoms with van der Waals surface area (Å²) in [5.74, 6) is 1.55. The fourth-order valence-electron chi connectivity index (χ4n) is 3.92. The van der Waals surface area contributed by atoms with Gasteiger partial charge in [-0.25, -0.2) is 9.97 Å². The van der Waals surface area contributed by atoms with Gasteiger partial charge in [-0.05, 0) is 38.5 Å². The molecule has 160 valence electrons. The number of hydrogen-bond acceptors (Lipinski definition) is 7. The molecule has 2 aliphatic heterocycles. The number of ether oxygens (including phenoxy) is 3. The van der Waals surface area contributed by atoms with Crippen LogP contribution in [0.5, 0.6) is 5.75 Å². The molecule has 2 aliphatic rings. The van der Waals surface area contributed by atoms with Crippen LogP contribution in [0.1, 0.15) is 38.4 Å². The van der Waals surface area contributed by atoms with E-state index in [4.69, 9.17) is 25.4 Å². The highest BCUT2D eigenvalue weighted by Crippen LogP contribution is 2.30. The molecule has 8 heteroatoms. The van der Waals surface area contributed by atoms with E-state index in [0.717, 1.165) is 31.1 Å². The average molecular weight is 413 g/mol. The number of morpholine rings is 1. The molecule has 0 bridgehead atoms. The quantitative estimate of drug-likeness (QED) is 0.534. The van der Waals surface area contributed by atoms with Gasteiger partial charge in [-0.1, -0.05) is 6.92 Å². The molecule has 0 spiro atoms. The molecule has 2 saturated heterocycles. The Kier molecular flexibility index (Phi) is 5.62. The normalized spacial score (nSPS) is 23.0. The first-order valence-electron chi connectivity index (χ1n) is 10.4. The van der Waals surface area contributed by atoms with E-state index < -0.39 is 0 Å². The number of nitrogens with zero attached hydrogens (tertiary/aromatic N) is 3. The van der Waals surface area contributed by atoms with Gasteiger partial charge in [0.2, 0.25) is 5.71 Å². The maximum Gasteiger partial charge on any atom is 0.232 e. The number of anilines is 2. The maximum absolute atomic E-state index is 6.50. The first-order valence-corrected chi connectivity index (χ1v) is 10.4. The van der Waals surface area contributed by atoms with E-state index in [2.05, 4.69) is 35.6 Å². The highest BCUT2D eigenvalue weighted by atomic mass is 16.6. The van der Waals surface area contributed by atoms with Crippen LogP contribution >= 0.6 is 0 Å². The summed E-state index contributed by atoms with van der Waals surface area (Å²) < 4.78 is 17.4. The Morgan fingerprint density at radius 1 is 1.23 bits per heavy atom. The Morgan fingerprint density at radius 2 is 1.97 bits per heavy atom. The molecular weight excluding hydrogens is 382 g/mol. The second-order valence-electron chi connectivity index (χ2n) is 8.22. The average Bonchev–Trinajstić information content (AvgIpc) is 2.71. The molecule has 2 atom stereocenters. The third kappa shape index (κ3) is 4.11. The molecule has 0 aliphatic carbocycles. The van der Waals surface area contributed by atoms with Crippen LogP contribution in [0, 0.1) is 0 Å². The van der Waals surface area contributed by atoms with Gasteiger partial charge >= 0.3 is 0 Å². The number of rotatable bonds is 6. The van der Waals surface area contributed by atoms with Crippen molar-refractivity contribution in [3.63, 3.8) is 0 Å². The summed E-state index contributed by atoms with van der Waals surface area (Å²) >= 11 is 0. The van der Waals surface area contributed by atoms with E-state index in [1.807, 2.05) is 24.3 Å². The number of nitrogens with two attached hydrogens (primary N) is 2. The third-order valence-electron chi connectivity index (χ3n) is 5.70. The van der Waals surface area contributed by atoms with Crippen molar-refractivity contribution in [2.75, 3.05) is 36.9 Å². The molecule has 1 aromatic carbocycles. The molecular formula is C22H30N5O3+. The Bertz CT molecular complexity index is 915. The van der Waals surface area contributed by atoms with Crippen molar-refractivity contribution in [1.82, 2.24) is 9.97 Å². The Morgan fingerprint density at radius 3 is 2.60 bits per heavy atom. The first-order chi connectivity index (χ1) is 14.4. The molecule has 1 aromatic heterocycles. The second-order valence-corrected chi connectivity index (χ2v) is 8.22. The molecule has 0 saturated carbocycles. The highest BCUT2D eigenvalue weighted by Gasteiger charge is 2.39. The molecule has 8 nitrogen and oxygen atoms in total. The predicted octanol–water partition coefficient (Wildman–Crippen LogP) is 0.827. The van der Waals surface area contributed by atoms with E-state index in [9.17, 15) is 0 Å². The monoisotopic (exact) mass is 412 g/mol. The van der Waals surface area contributed by atoms with E-state index >= 15 is 0 Å². The Labute approximate surface area is 176 Å². The summed E-state index contributed by atoms with van der Waals surface area (Å²) in [5.41, 5.74) is 8.37. The van der Waals surface area contributed by atoms with Crippen LogP contribution in [0.4, 0.5) is 11.5 Å². The summed E-state index contributed by atoms with van der Waals surface area (Å²) in [6, 6.07) is 7.46. The van der Waals surface area contributed by atoms with Crippen LogP contribution in [-0.4, -0.2) is 59.8 Å². The number of benzene rings is 1. The van der Waals surface area contributed by atoms with Crippen LogP contribution < -0.4 is 20.8 Å². The van der Waals surface area contributed by atoms with Crippen molar-refractivity contribution >= 4 is 17.2 Å². The van der Waals surface area contributed by atoms with Crippen LogP contribution in [0.3, 0.4) is 0 Å². The van der Waals surface area contributed by atoms with Crippen molar-refractivity contribution < 1.29 is 19.6 Å². The van der Waals surface area contributed by atoms with Crippen LogP contribution in [0.2, 0.25) is 0 Å². The number of aromatic nitrogens is 2. The fraction of sp³-hybridized carbons (Fsp3) is 0.500. The topological polar surface area (TPSA) is 108 Å². The summed E-state index contributed by atoms with van der Waals surface area (Å²) in [6.07, 6.45) is 2.69. The fourth-order valence-corrected chi connectivity index (χ4v) is 3.92. The minimum absolute atomic E-state index is 0.138. The van der Waals surface area contributed by atoms with E-state index in [1.54, 1.807) is 0 Å². The van der Waals surface area contributed by atoms with Gasteiger partial charge in [0.1, 0.15) is 23.6 Å². The van der Waals surface area contributed by atoms with Gasteiger partial charge < -0.3 is 24.8 Å². The lowest BCUT2D eigenvalue weighted by atomic mass is 9.98. The van der Waals surface area contributed by atoms with Gasteiger partial charge in [-0.15, -0.1) is 0 Å². The lowest BCUT2D eigenvalue weighted by molar-refractivity contribution is -0.162. The zero-order valence-electron chi connectivity index (χ0n) is 17.8. The summed E-state index contributed by atoms with van der Waals surface area (Å²) in [5, 5.41) is 6.50. The van der Waals surface area contributed by atoms with Gasteiger partial charge in [-0.3, -0.25) is 5.41 Å². The second kappa shape index (κ2) is 8.20. The molecule has 2 fully saturated rings. The van der Waals surface area contributed by atoms with Crippen molar-refractivity contribution in [1.29, 1.82) is 0 Å². The summed E-state index contributed by atoms with van der Waals surface area (Å²) in [7, 11) is 0. The van der Waals surface area contributed by atoms with Crippen molar-refractivity contribution in [2.24, 2.45) is 0 Å². The molecule has 4 rings (SSSR count).